The molecule has 1 aromatic heterocycles. The number of hydrogen-bond acceptors (Lipinski definition) is 5. The first kappa shape index (κ1) is 20.7. The van der Waals surface area contributed by atoms with E-state index in [9.17, 15) is 13.2 Å². The summed E-state index contributed by atoms with van der Waals surface area (Å²) in [6, 6.07) is 20.3. The van der Waals surface area contributed by atoms with Gasteiger partial charge in [-0.1, -0.05) is 48.0 Å². The Morgan fingerprint density at radius 3 is 2.23 bits per heavy atom. The normalized spacial score (nSPS) is 11.5. The van der Waals surface area contributed by atoms with Crippen molar-refractivity contribution in [2.45, 2.75) is 11.8 Å². The number of aryl methyl sites for hydroxylation is 2. The second-order valence-electron chi connectivity index (χ2n) is 7.17. The summed E-state index contributed by atoms with van der Waals surface area (Å²) in [5.74, 6) is 0.537. The van der Waals surface area contributed by atoms with Crippen molar-refractivity contribution in [3.8, 4) is 22.6 Å². The average Bonchev–Trinajstić information content (AvgIpc) is 2.78. The molecule has 0 unspecified atom stereocenters. The van der Waals surface area contributed by atoms with E-state index in [1.807, 2.05) is 13.0 Å². The summed E-state index contributed by atoms with van der Waals surface area (Å²) in [6.45, 7) is 1.87. The summed E-state index contributed by atoms with van der Waals surface area (Å²) in [5, 5.41) is 0.484. The standard InChI is InChI=1S/C24H21NO5S/c1-16-9-12-19(13-10-16)31(27,28)30-23-20-14-11-18(29-3)15-21(20)25(2)24(26)22(23)17-7-5-4-6-8-17/h4-15H,1-3H3. The first-order chi connectivity index (χ1) is 14.8. The van der Waals surface area contributed by atoms with Gasteiger partial charge in [0, 0.05) is 18.5 Å². The highest BCUT2D eigenvalue weighted by Crippen LogP contribution is 2.37. The van der Waals surface area contributed by atoms with Crippen LogP contribution >= 0.6 is 0 Å². The molecular formula is C24H21NO5S. The van der Waals surface area contributed by atoms with Crippen molar-refractivity contribution in [1.82, 2.24) is 4.57 Å². The first-order valence-corrected chi connectivity index (χ1v) is 11.0. The summed E-state index contributed by atoms with van der Waals surface area (Å²) in [4.78, 5) is 13.3. The average molecular weight is 436 g/mol. The smallest absolute Gasteiger partial charge is 0.339 e. The fraction of sp³-hybridized carbons (Fsp3) is 0.125. The number of benzene rings is 3. The van der Waals surface area contributed by atoms with Crippen LogP contribution in [0.1, 0.15) is 5.56 Å². The molecule has 0 aliphatic heterocycles. The molecule has 0 amide bonds. The van der Waals surface area contributed by atoms with Crippen molar-refractivity contribution < 1.29 is 17.3 Å². The fourth-order valence-corrected chi connectivity index (χ4v) is 4.38. The number of fused-ring (bicyclic) bond motifs is 1. The van der Waals surface area contributed by atoms with Crippen LogP contribution in [-0.4, -0.2) is 20.1 Å². The van der Waals surface area contributed by atoms with Crippen LogP contribution < -0.4 is 14.5 Å². The van der Waals surface area contributed by atoms with E-state index < -0.39 is 10.1 Å². The summed E-state index contributed by atoms with van der Waals surface area (Å²) in [7, 11) is -1.02. The Balaban J connectivity index is 2.03. The molecule has 4 aromatic rings. The molecule has 4 rings (SSSR count). The molecule has 0 saturated heterocycles. The van der Waals surface area contributed by atoms with E-state index in [0.29, 0.717) is 22.2 Å². The largest absolute Gasteiger partial charge is 0.497 e. The van der Waals surface area contributed by atoms with Gasteiger partial charge in [0.15, 0.2) is 5.75 Å². The van der Waals surface area contributed by atoms with Gasteiger partial charge in [-0.3, -0.25) is 4.79 Å². The van der Waals surface area contributed by atoms with E-state index in [1.165, 1.54) is 23.8 Å². The minimum Gasteiger partial charge on any atom is -0.497 e. The molecule has 0 fully saturated rings. The van der Waals surface area contributed by atoms with Crippen LogP contribution in [0.25, 0.3) is 22.0 Å². The molecule has 7 heteroatoms. The van der Waals surface area contributed by atoms with Crippen LogP contribution in [0.3, 0.4) is 0 Å². The number of ether oxygens (including phenoxy) is 1. The number of hydrogen-bond donors (Lipinski definition) is 0. The topological polar surface area (TPSA) is 74.6 Å². The highest BCUT2D eigenvalue weighted by atomic mass is 32.2. The predicted molar refractivity (Wildman–Crippen MR) is 120 cm³/mol. The van der Waals surface area contributed by atoms with Gasteiger partial charge in [0.2, 0.25) is 0 Å². The van der Waals surface area contributed by atoms with Crippen LogP contribution in [-0.2, 0) is 17.2 Å². The van der Waals surface area contributed by atoms with Gasteiger partial charge in [0.25, 0.3) is 5.56 Å². The highest BCUT2D eigenvalue weighted by molar-refractivity contribution is 7.87. The minimum atomic E-state index is -4.18. The molecule has 0 saturated carbocycles. The van der Waals surface area contributed by atoms with Crippen LogP contribution in [0.4, 0.5) is 0 Å². The highest BCUT2D eigenvalue weighted by Gasteiger charge is 2.25. The number of aromatic nitrogens is 1. The van der Waals surface area contributed by atoms with Crippen molar-refractivity contribution in [2.24, 2.45) is 7.05 Å². The summed E-state index contributed by atoms with van der Waals surface area (Å²) >= 11 is 0. The molecule has 31 heavy (non-hydrogen) atoms. The molecule has 0 atom stereocenters. The number of pyridine rings is 1. The Morgan fingerprint density at radius 2 is 1.58 bits per heavy atom. The quantitative estimate of drug-likeness (QED) is 0.437. The van der Waals surface area contributed by atoms with E-state index in [0.717, 1.165) is 5.56 Å². The maximum absolute atomic E-state index is 13.3. The van der Waals surface area contributed by atoms with E-state index >= 15 is 0 Å². The Hall–Kier alpha value is -3.58. The van der Waals surface area contributed by atoms with E-state index in [2.05, 4.69) is 0 Å². The van der Waals surface area contributed by atoms with Gasteiger partial charge in [-0.25, -0.2) is 0 Å². The molecule has 0 radical (unpaired) electrons. The second-order valence-corrected chi connectivity index (χ2v) is 8.71. The molecule has 6 nitrogen and oxygen atoms in total. The summed E-state index contributed by atoms with van der Waals surface area (Å²) in [5.41, 5.74) is 1.79. The molecule has 0 spiro atoms. The molecule has 3 aromatic carbocycles. The molecule has 0 N–H and O–H groups in total. The molecule has 1 heterocycles. The van der Waals surface area contributed by atoms with E-state index in [-0.39, 0.29) is 21.8 Å². The Morgan fingerprint density at radius 1 is 0.903 bits per heavy atom. The lowest BCUT2D eigenvalue weighted by molar-refractivity contribution is 0.415. The van der Waals surface area contributed by atoms with Crippen LogP contribution in [0.2, 0.25) is 0 Å². The van der Waals surface area contributed by atoms with Gasteiger partial charge < -0.3 is 13.5 Å². The molecule has 158 valence electrons. The Kier molecular flexibility index (Phi) is 5.29. The van der Waals surface area contributed by atoms with Gasteiger partial charge in [-0.2, -0.15) is 8.42 Å². The third-order valence-electron chi connectivity index (χ3n) is 5.12. The zero-order valence-corrected chi connectivity index (χ0v) is 18.1. The van der Waals surface area contributed by atoms with Gasteiger partial charge in [0.05, 0.1) is 18.2 Å². The molecule has 0 aliphatic rings. The van der Waals surface area contributed by atoms with Crippen molar-refractivity contribution in [3.63, 3.8) is 0 Å². The van der Waals surface area contributed by atoms with Gasteiger partial charge in [-0.15, -0.1) is 0 Å². The number of methoxy groups -OCH3 is 1. The Labute approximate surface area is 180 Å². The lowest BCUT2D eigenvalue weighted by atomic mass is 10.0. The van der Waals surface area contributed by atoms with Gasteiger partial charge >= 0.3 is 10.1 Å². The minimum absolute atomic E-state index is 0.00692. The summed E-state index contributed by atoms with van der Waals surface area (Å²) in [6.07, 6.45) is 0. The van der Waals surface area contributed by atoms with Gasteiger partial charge in [-0.05, 0) is 36.8 Å². The summed E-state index contributed by atoms with van der Waals surface area (Å²) < 4.78 is 38.6. The first-order valence-electron chi connectivity index (χ1n) is 9.59. The lowest BCUT2D eigenvalue weighted by Crippen LogP contribution is -2.22. The maximum atomic E-state index is 13.3. The zero-order valence-electron chi connectivity index (χ0n) is 17.3. The van der Waals surface area contributed by atoms with Crippen LogP contribution in [0.5, 0.6) is 11.5 Å². The van der Waals surface area contributed by atoms with Crippen LogP contribution in [0.15, 0.2) is 82.5 Å². The van der Waals surface area contributed by atoms with Crippen molar-refractivity contribution in [3.05, 3.63) is 88.7 Å². The third-order valence-corrected chi connectivity index (χ3v) is 6.36. The number of rotatable bonds is 5. The van der Waals surface area contributed by atoms with Gasteiger partial charge in [0.1, 0.15) is 10.6 Å². The fourth-order valence-electron chi connectivity index (χ4n) is 3.43. The maximum Gasteiger partial charge on any atom is 0.339 e. The second kappa shape index (κ2) is 7.92. The van der Waals surface area contributed by atoms with Crippen molar-refractivity contribution in [2.75, 3.05) is 7.11 Å². The molecule has 0 bridgehead atoms. The zero-order chi connectivity index (χ0) is 22.2. The molecular weight excluding hydrogens is 414 g/mol. The van der Waals surface area contributed by atoms with Crippen molar-refractivity contribution in [1.29, 1.82) is 0 Å². The SMILES string of the molecule is COc1ccc2c(OS(=O)(=O)c3ccc(C)cc3)c(-c3ccccc3)c(=O)n(C)c2c1. The van der Waals surface area contributed by atoms with Crippen molar-refractivity contribution >= 4 is 21.0 Å². The lowest BCUT2D eigenvalue weighted by Gasteiger charge is -2.17. The number of nitrogens with zero attached hydrogens (tertiary/aromatic N) is 1. The third kappa shape index (κ3) is 3.80. The molecule has 0 aliphatic carbocycles. The predicted octanol–water partition coefficient (Wildman–Crippen LogP) is 4.29. The Bertz CT molecular complexity index is 1420. The van der Waals surface area contributed by atoms with E-state index in [1.54, 1.807) is 61.6 Å². The monoisotopic (exact) mass is 435 g/mol. The van der Waals surface area contributed by atoms with E-state index in [4.69, 9.17) is 8.92 Å². The van der Waals surface area contributed by atoms with Crippen LogP contribution in [0, 0.1) is 6.92 Å².